The molecule has 1 aliphatic rings. The minimum absolute atomic E-state index is 0.0539. The van der Waals surface area contributed by atoms with Crippen molar-refractivity contribution in [2.75, 3.05) is 13.1 Å². The van der Waals surface area contributed by atoms with Gasteiger partial charge in [-0.25, -0.2) is 9.67 Å². The smallest absolute Gasteiger partial charge is 0.272 e. The van der Waals surface area contributed by atoms with Gasteiger partial charge in [-0.2, -0.15) is 0 Å². The molecule has 4 rings (SSSR count). The van der Waals surface area contributed by atoms with Crippen LogP contribution in [0.25, 0.3) is 5.65 Å². The molecule has 1 saturated heterocycles. The number of fused-ring (bicyclic) bond motifs is 1. The monoisotopic (exact) mass is 310 g/mol. The highest BCUT2D eigenvalue weighted by Crippen LogP contribution is 2.23. The number of rotatable bonds is 2. The zero-order valence-corrected chi connectivity index (χ0v) is 13.0. The van der Waals surface area contributed by atoms with Crippen molar-refractivity contribution in [1.82, 2.24) is 29.3 Å². The predicted octanol–water partition coefficient (Wildman–Crippen LogP) is 1.71. The first-order valence-corrected chi connectivity index (χ1v) is 7.83. The molecule has 0 aromatic carbocycles. The lowest BCUT2D eigenvalue weighted by atomic mass is 10.0. The summed E-state index contributed by atoms with van der Waals surface area (Å²) in [6.45, 7) is 3.34. The maximum atomic E-state index is 12.9. The van der Waals surface area contributed by atoms with Gasteiger partial charge in [-0.1, -0.05) is 11.3 Å². The van der Waals surface area contributed by atoms with Crippen molar-refractivity contribution >= 4 is 11.6 Å². The van der Waals surface area contributed by atoms with E-state index in [0.717, 1.165) is 37.3 Å². The number of amides is 1. The van der Waals surface area contributed by atoms with Gasteiger partial charge in [-0.05, 0) is 31.9 Å². The van der Waals surface area contributed by atoms with Crippen molar-refractivity contribution in [3.63, 3.8) is 0 Å². The van der Waals surface area contributed by atoms with Gasteiger partial charge < -0.3 is 4.90 Å². The van der Waals surface area contributed by atoms with Crippen LogP contribution in [-0.4, -0.2) is 48.3 Å². The normalized spacial score (nSPS) is 16.1. The molecule has 7 nitrogen and oxygen atoms in total. The quantitative estimate of drug-likeness (QED) is 0.722. The lowest BCUT2D eigenvalue weighted by molar-refractivity contribution is 0.0681. The van der Waals surface area contributed by atoms with E-state index in [4.69, 9.17) is 0 Å². The first-order chi connectivity index (χ1) is 11.2. The van der Waals surface area contributed by atoms with Crippen LogP contribution >= 0.6 is 0 Å². The predicted molar refractivity (Wildman–Crippen MR) is 84.1 cm³/mol. The topological polar surface area (TPSA) is 68.3 Å². The highest BCUT2D eigenvalue weighted by atomic mass is 16.2. The Balaban J connectivity index is 1.55. The van der Waals surface area contributed by atoms with Crippen molar-refractivity contribution in [1.29, 1.82) is 0 Å². The van der Waals surface area contributed by atoms with Crippen LogP contribution in [0.4, 0.5) is 0 Å². The van der Waals surface area contributed by atoms with E-state index in [1.54, 1.807) is 6.20 Å². The molecule has 23 heavy (non-hydrogen) atoms. The number of aromatic nitrogens is 5. The first-order valence-electron chi connectivity index (χ1n) is 7.83. The van der Waals surface area contributed by atoms with Crippen LogP contribution in [-0.2, 0) is 0 Å². The summed E-state index contributed by atoms with van der Waals surface area (Å²) in [5, 5.41) is 7.92. The number of hydrogen-bond acceptors (Lipinski definition) is 4. The molecule has 1 amide bonds. The minimum atomic E-state index is 0.0539. The third-order valence-corrected chi connectivity index (χ3v) is 4.47. The second-order valence-corrected chi connectivity index (χ2v) is 5.88. The molecule has 0 spiro atoms. The van der Waals surface area contributed by atoms with Crippen LogP contribution in [0.5, 0.6) is 0 Å². The molecular formula is C16H18N6O. The van der Waals surface area contributed by atoms with E-state index in [1.165, 1.54) is 0 Å². The first kappa shape index (κ1) is 13.9. The molecule has 0 aliphatic carbocycles. The molecule has 0 atom stereocenters. The van der Waals surface area contributed by atoms with Gasteiger partial charge >= 0.3 is 0 Å². The number of pyridine rings is 1. The standard InChI is InChI=1S/C16H18N6O/c1-12-15(21-8-3-2-4-14(21)18-12)16(23)20-9-5-13(6-10-20)22-11-7-17-19-22/h2-4,7-8,11,13H,5-6,9-10H2,1H3. The van der Waals surface area contributed by atoms with E-state index in [9.17, 15) is 4.79 Å². The van der Waals surface area contributed by atoms with E-state index in [0.29, 0.717) is 11.7 Å². The molecule has 118 valence electrons. The molecule has 0 radical (unpaired) electrons. The molecule has 0 N–H and O–H groups in total. The Morgan fingerprint density at radius 3 is 2.78 bits per heavy atom. The fourth-order valence-corrected chi connectivity index (χ4v) is 3.27. The van der Waals surface area contributed by atoms with Crippen LogP contribution in [0.2, 0.25) is 0 Å². The summed E-state index contributed by atoms with van der Waals surface area (Å²) in [5.74, 6) is 0.0539. The second kappa shape index (κ2) is 5.49. The van der Waals surface area contributed by atoms with E-state index in [2.05, 4.69) is 15.3 Å². The summed E-state index contributed by atoms with van der Waals surface area (Å²) in [6.07, 6.45) is 7.26. The Bertz CT molecular complexity index is 830. The Morgan fingerprint density at radius 2 is 2.04 bits per heavy atom. The van der Waals surface area contributed by atoms with Gasteiger partial charge in [0.1, 0.15) is 11.3 Å². The number of aryl methyl sites for hydroxylation is 1. The number of hydrogen-bond donors (Lipinski definition) is 0. The molecule has 0 bridgehead atoms. The van der Waals surface area contributed by atoms with Gasteiger partial charge in [0.25, 0.3) is 5.91 Å². The van der Waals surface area contributed by atoms with E-state index in [-0.39, 0.29) is 5.91 Å². The fourth-order valence-electron chi connectivity index (χ4n) is 3.27. The Morgan fingerprint density at radius 1 is 1.22 bits per heavy atom. The number of likely N-dealkylation sites (tertiary alicyclic amines) is 1. The summed E-state index contributed by atoms with van der Waals surface area (Å²) in [4.78, 5) is 19.3. The maximum Gasteiger partial charge on any atom is 0.272 e. The van der Waals surface area contributed by atoms with Crippen molar-refractivity contribution < 1.29 is 4.79 Å². The van der Waals surface area contributed by atoms with Gasteiger partial charge in [0.15, 0.2) is 0 Å². The van der Waals surface area contributed by atoms with Crippen LogP contribution in [0.15, 0.2) is 36.8 Å². The summed E-state index contributed by atoms with van der Waals surface area (Å²) >= 11 is 0. The van der Waals surface area contributed by atoms with Gasteiger partial charge in [0.05, 0.1) is 17.9 Å². The number of nitrogens with zero attached hydrogens (tertiary/aromatic N) is 6. The van der Waals surface area contributed by atoms with E-state index >= 15 is 0 Å². The fraction of sp³-hybridized carbons (Fsp3) is 0.375. The average Bonchev–Trinajstić information content (AvgIpc) is 3.21. The number of piperidine rings is 1. The number of carbonyl (C=O) groups excluding carboxylic acids is 1. The summed E-state index contributed by atoms with van der Waals surface area (Å²) in [6, 6.07) is 6.09. The van der Waals surface area contributed by atoms with Gasteiger partial charge in [0.2, 0.25) is 0 Å². The lowest BCUT2D eigenvalue weighted by Gasteiger charge is -2.31. The summed E-state index contributed by atoms with van der Waals surface area (Å²) in [5.41, 5.74) is 2.25. The molecule has 0 unspecified atom stereocenters. The van der Waals surface area contributed by atoms with Crippen LogP contribution < -0.4 is 0 Å². The number of imidazole rings is 1. The average molecular weight is 310 g/mol. The van der Waals surface area contributed by atoms with Crippen LogP contribution in [0, 0.1) is 6.92 Å². The Labute approximate surface area is 133 Å². The third-order valence-electron chi connectivity index (χ3n) is 4.47. The Hall–Kier alpha value is -2.70. The van der Waals surface area contributed by atoms with Crippen molar-refractivity contribution in [3.05, 3.63) is 48.2 Å². The molecule has 7 heteroatoms. The molecule has 3 aromatic heterocycles. The van der Waals surface area contributed by atoms with Crippen molar-refractivity contribution in [2.45, 2.75) is 25.8 Å². The molecule has 3 aromatic rings. The minimum Gasteiger partial charge on any atom is -0.337 e. The lowest BCUT2D eigenvalue weighted by Crippen LogP contribution is -2.39. The largest absolute Gasteiger partial charge is 0.337 e. The van der Waals surface area contributed by atoms with E-state index < -0.39 is 0 Å². The van der Waals surface area contributed by atoms with Crippen LogP contribution in [0.3, 0.4) is 0 Å². The zero-order chi connectivity index (χ0) is 15.8. The third kappa shape index (κ3) is 2.38. The highest BCUT2D eigenvalue weighted by Gasteiger charge is 2.27. The Kier molecular flexibility index (Phi) is 3.33. The SMILES string of the molecule is Cc1nc2ccccn2c1C(=O)N1CCC(n2ccnn2)CC1. The van der Waals surface area contributed by atoms with Crippen LogP contribution in [0.1, 0.15) is 35.1 Å². The maximum absolute atomic E-state index is 12.9. The zero-order valence-electron chi connectivity index (χ0n) is 13.0. The van der Waals surface area contributed by atoms with Gasteiger partial charge in [0, 0.05) is 25.5 Å². The molecular weight excluding hydrogens is 292 g/mol. The van der Waals surface area contributed by atoms with Crippen molar-refractivity contribution in [2.24, 2.45) is 0 Å². The van der Waals surface area contributed by atoms with E-state index in [1.807, 2.05) is 51.5 Å². The second-order valence-electron chi connectivity index (χ2n) is 5.88. The van der Waals surface area contributed by atoms with Crippen molar-refractivity contribution in [3.8, 4) is 0 Å². The summed E-state index contributed by atoms with van der Waals surface area (Å²) in [7, 11) is 0. The molecule has 0 saturated carbocycles. The van der Waals surface area contributed by atoms with Gasteiger partial charge in [-0.15, -0.1) is 5.10 Å². The summed E-state index contributed by atoms with van der Waals surface area (Å²) < 4.78 is 3.77. The van der Waals surface area contributed by atoms with Gasteiger partial charge in [-0.3, -0.25) is 9.20 Å². The highest BCUT2D eigenvalue weighted by molar-refractivity contribution is 5.94. The molecule has 4 heterocycles. The number of carbonyl (C=O) groups is 1. The molecule has 1 aliphatic heterocycles. The molecule has 1 fully saturated rings.